The molecule has 10 heteroatoms. The third-order valence-corrected chi connectivity index (χ3v) is 7.52. The fourth-order valence-corrected chi connectivity index (χ4v) is 5.46. The number of alkyl halides is 1. The van der Waals surface area contributed by atoms with Crippen LogP contribution in [0, 0.1) is 5.82 Å². The summed E-state index contributed by atoms with van der Waals surface area (Å²) < 4.78 is 33.4. The van der Waals surface area contributed by atoms with E-state index in [-0.39, 0.29) is 49.6 Å². The van der Waals surface area contributed by atoms with E-state index in [1.165, 1.54) is 25.0 Å². The predicted octanol–water partition coefficient (Wildman–Crippen LogP) is 4.06. The molecule has 1 unspecified atom stereocenters. The number of fused-ring (bicyclic) bond motifs is 1. The van der Waals surface area contributed by atoms with Gasteiger partial charge in [0.05, 0.1) is 0 Å². The molecule has 1 atom stereocenters. The van der Waals surface area contributed by atoms with E-state index in [9.17, 15) is 23.5 Å². The van der Waals surface area contributed by atoms with Gasteiger partial charge in [0.1, 0.15) is 17.3 Å². The molecule has 2 amide bonds. The minimum atomic E-state index is -1.36. The van der Waals surface area contributed by atoms with Crippen molar-refractivity contribution in [3.8, 4) is 11.5 Å². The Morgan fingerprint density at radius 1 is 1.12 bits per heavy atom. The average Bonchev–Trinajstić information content (AvgIpc) is 3.21. The Morgan fingerprint density at radius 3 is 2.70 bits per heavy atom. The molecule has 2 aromatic carbocycles. The van der Waals surface area contributed by atoms with Gasteiger partial charge < -0.3 is 25.4 Å². The average molecular weight is 559 g/mol. The van der Waals surface area contributed by atoms with E-state index in [1.807, 2.05) is 4.90 Å². The second-order valence-corrected chi connectivity index (χ2v) is 10.5. The highest BCUT2D eigenvalue weighted by Gasteiger charge is 2.25. The lowest BCUT2D eigenvalue weighted by molar-refractivity contribution is -0.133. The zero-order valence-corrected chi connectivity index (χ0v) is 22.9. The number of carbonyl (C=O) groups excluding carboxylic acids is 2. The van der Waals surface area contributed by atoms with E-state index in [2.05, 4.69) is 16.0 Å². The number of hydrogen-bond acceptors (Lipinski definition) is 6. The lowest BCUT2D eigenvalue weighted by atomic mass is 10.1. The Kier molecular flexibility index (Phi) is 11.1. The van der Waals surface area contributed by atoms with Crippen molar-refractivity contribution in [1.82, 2.24) is 15.5 Å². The van der Waals surface area contributed by atoms with Crippen LogP contribution in [-0.2, 0) is 22.4 Å². The molecule has 2 aliphatic rings. The molecular weight excluding hydrogens is 518 g/mol. The molecule has 0 spiro atoms. The smallest absolute Gasteiger partial charge is 0.262 e. The van der Waals surface area contributed by atoms with Crippen LogP contribution in [0.3, 0.4) is 0 Å². The monoisotopic (exact) mass is 558 g/mol. The summed E-state index contributed by atoms with van der Waals surface area (Å²) in [4.78, 5) is 26.8. The van der Waals surface area contributed by atoms with E-state index in [4.69, 9.17) is 4.74 Å². The Morgan fingerprint density at radius 2 is 1.93 bits per heavy atom. The summed E-state index contributed by atoms with van der Waals surface area (Å²) in [5, 5.41) is 18.9. The van der Waals surface area contributed by atoms with E-state index in [0.717, 1.165) is 31.2 Å². The molecule has 4 rings (SSSR count). The van der Waals surface area contributed by atoms with Crippen LogP contribution >= 0.6 is 0 Å². The van der Waals surface area contributed by atoms with E-state index < -0.39 is 12.1 Å². The summed E-state index contributed by atoms with van der Waals surface area (Å²) in [5.41, 5.74) is 1.75. The molecule has 0 bridgehead atoms. The van der Waals surface area contributed by atoms with Crippen LogP contribution in [0.1, 0.15) is 56.1 Å². The first-order valence-electron chi connectivity index (χ1n) is 14.3. The Balaban J connectivity index is 1.25. The van der Waals surface area contributed by atoms with Crippen molar-refractivity contribution >= 4 is 17.5 Å². The van der Waals surface area contributed by atoms with E-state index in [1.54, 1.807) is 24.3 Å². The van der Waals surface area contributed by atoms with Gasteiger partial charge in [-0.05, 0) is 55.1 Å². The van der Waals surface area contributed by atoms with Crippen molar-refractivity contribution in [2.45, 2.75) is 70.1 Å². The number of anilines is 1. The highest BCUT2D eigenvalue weighted by molar-refractivity contribution is 5.97. The minimum Gasteiger partial charge on any atom is -0.506 e. The molecule has 4 N–H and O–H groups in total. The number of nitrogens with one attached hydrogen (secondary N) is 3. The Hall–Kier alpha value is -3.24. The van der Waals surface area contributed by atoms with E-state index in [0.29, 0.717) is 43.1 Å². The van der Waals surface area contributed by atoms with Crippen LogP contribution in [0.15, 0.2) is 36.4 Å². The third kappa shape index (κ3) is 8.63. The van der Waals surface area contributed by atoms with Crippen molar-refractivity contribution in [2.24, 2.45) is 0 Å². The van der Waals surface area contributed by atoms with Gasteiger partial charge >= 0.3 is 0 Å². The van der Waals surface area contributed by atoms with Gasteiger partial charge in [-0.2, -0.15) is 0 Å². The first kappa shape index (κ1) is 29.7. The molecule has 1 aliphatic carbocycles. The van der Waals surface area contributed by atoms with Gasteiger partial charge in [0.15, 0.2) is 18.7 Å². The molecular formula is C30H40F2N4O4. The second kappa shape index (κ2) is 14.9. The first-order valence-corrected chi connectivity index (χ1v) is 14.3. The number of halogens is 2. The Bertz CT molecular complexity index is 1140. The summed E-state index contributed by atoms with van der Waals surface area (Å²) in [6.45, 7) is 1.93. The molecule has 0 aromatic heterocycles. The maximum Gasteiger partial charge on any atom is 0.262 e. The quantitative estimate of drug-likeness (QED) is 0.128. The number of carbonyl (C=O) groups is 2. The fourth-order valence-electron chi connectivity index (χ4n) is 5.46. The van der Waals surface area contributed by atoms with E-state index >= 15 is 0 Å². The summed E-state index contributed by atoms with van der Waals surface area (Å²) in [6.07, 6.45) is 6.04. The largest absolute Gasteiger partial charge is 0.506 e. The number of phenols is 1. The zero-order chi connectivity index (χ0) is 28.3. The van der Waals surface area contributed by atoms with Crippen LogP contribution in [0.5, 0.6) is 11.5 Å². The van der Waals surface area contributed by atoms with Crippen molar-refractivity contribution in [1.29, 1.82) is 0 Å². The number of nitrogens with zero attached hydrogens (tertiary/aromatic N) is 1. The van der Waals surface area contributed by atoms with Gasteiger partial charge in [0.25, 0.3) is 5.91 Å². The summed E-state index contributed by atoms with van der Waals surface area (Å²) >= 11 is 0. The number of rotatable bonds is 13. The standard InChI is InChI=1S/C30H40F2N4O4/c31-23-7-5-6-21(18-23)19-26(32)34-15-13-28(39)36(24-8-3-1-2-4-9-24)17-16-33-14-12-22-10-11-25(37)29-30(22)40-20-27(38)35-29/h5-7,10-11,18,24,26,33-34,37H,1-4,8-9,12-17,19-20H2,(H,35,38). The number of aromatic hydroxyl groups is 1. The molecule has 1 fully saturated rings. The van der Waals surface area contributed by atoms with Gasteiger partial charge in [0.2, 0.25) is 5.91 Å². The van der Waals surface area contributed by atoms with Gasteiger partial charge in [-0.3, -0.25) is 14.9 Å². The fraction of sp³-hybridized carbons (Fsp3) is 0.533. The third-order valence-electron chi connectivity index (χ3n) is 7.52. The maximum absolute atomic E-state index is 14.4. The SMILES string of the molecule is O=C1COc2c(CCNCCN(C(=O)CCNC(F)Cc3cccc(F)c3)C3CCCCCC3)ccc(O)c2N1. The van der Waals surface area contributed by atoms with Crippen LogP contribution in [0.4, 0.5) is 14.5 Å². The summed E-state index contributed by atoms with van der Waals surface area (Å²) in [5.74, 6) is -0.217. The van der Waals surface area contributed by atoms with Crippen LogP contribution in [-0.4, -0.2) is 66.9 Å². The second-order valence-electron chi connectivity index (χ2n) is 10.5. The lowest BCUT2D eigenvalue weighted by Gasteiger charge is -2.32. The molecule has 0 saturated heterocycles. The molecule has 1 saturated carbocycles. The summed E-state index contributed by atoms with van der Waals surface area (Å²) in [7, 11) is 0. The number of ether oxygens (including phenoxy) is 1. The number of hydrogen-bond donors (Lipinski definition) is 4. The van der Waals surface area contributed by atoms with Crippen LogP contribution < -0.4 is 20.7 Å². The van der Waals surface area contributed by atoms with Crippen molar-refractivity contribution in [2.75, 3.05) is 38.1 Å². The van der Waals surface area contributed by atoms with Crippen LogP contribution in [0.2, 0.25) is 0 Å². The van der Waals surface area contributed by atoms with Crippen molar-refractivity contribution < 1.29 is 28.2 Å². The molecule has 1 aliphatic heterocycles. The van der Waals surface area contributed by atoms with Gasteiger partial charge in [-0.25, -0.2) is 8.78 Å². The normalized spacial score (nSPS) is 16.4. The van der Waals surface area contributed by atoms with Crippen molar-refractivity contribution in [3.63, 3.8) is 0 Å². The van der Waals surface area contributed by atoms with Gasteiger partial charge in [0, 0.05) is 38.5 Å². The lowest BCUT2D eigenvalue weighted by Crippen LogP contribution is -2.45. The molecule has 2 aromatic rings. The highest BCUT2D eigenvalue weighted by atomic mass is 19.1. The van der Waals surface area contributed by atoms with Crippen molar-refractivity contribution in [3.05, 3.63) is 53.3 Å². The highest BCUT2D eigenvalue weighted by Crippen LogP contribution is 2.39. The molecule has 40 heavy (non-hydrogen) atoms. The maximum atomic E-state index is 14.4. The van der Waals surface area contributed by atoms with Gasteiger partial charge in [-0.15, -0.1) is 0 Å². The molecule has 218 valence electrons. The number of amides is 2. The minimum absolute atomic E-state index is 0.0101. The Labute approximate surface area is 234 Å². The molecule has 0 radical (unpaired) electrons. The van der Waals surface area contributed by atoms with Crippen LogP contribution in [0.25, 0.3) is 0 Å². The topological polar surface area (TPSA) is 103 Å². The number of benzene rings is 2. The first-order chi connectivity index (χ1) is 19.4. The molecule has 8 nitrogen and oxygen atoms in total. The number of phenolic OH excluding ortho intramolecular Hbond substituents is 1. The molecule has 1 heterocycles. The summed E-state index contributed by atoms with van der Waals surface area (Å²) in [6, 6.07) is 9.41. The predicted molar refractivity (Wildman–Crippen MR) is 150 cm³/mol. The van der Waals surface area contributed by atoms with Gasteiger partial charge in [-0.1, -0.05) is 43.9 Å². The zero-order valence-electron chi connectivity index (χ0n) is 22.9.